The fourth-order valence-corrected chi connectivity index (χ4v) is 7.05. The van der Waals surface area contributed by atoms with Crippen molar-refractivity contribution >= 4 is 44.7 Å². The standard InChI is InChI=1S/C28H36N4O10S2/c1-25(2,34)27(36,37)32(44-18-8-9-20-21(15-18)43-23(29)31-20)12-10-17(14-16-6-4-3-5-7-16)30-24(33)42-26(35)19-11-13-40-22(19)41-28(26,38)39/h3-9,15,17,19,22,34-39H,10-14H2,1-2H3,(H2,29,31)(H,30,33). The molecule has 44 heavy (non-hydrogen) atoms. The van der Waals surface area contributed by atoms with Crippen LogP contribution in [0.2, 0.25) is 0 Å². The van der Waals surface area contributed by atoms with Crippen molar-refractivity contribution < 1.29 is 49.6 Å². The van der Waals surface area contributed by atoms with Crippen molar-refractivity contribution in [1.29, 1.82) is 0 Å². The van der Waals surface area contributed by atoms with Crippen molar-refractivity contribution in [1.82, 2.24) is 14.6 Å². The van der Waals surface area contributed by atoms with Crippen LogP contribution in [0, 0.1) is 5.92 Å². The number of thiazole rings is 1. The van der Waals surface area contributed by atoms with E-state index in [4.69, 9.17) is 19.9 Å². The lowest BCUT2D eigenvalue weighted by Crippen LogP contribution is -2.60. The minimum absolute atomic E-state index is 0.0713. The minimum atomic E-state index is -3.20. The smallest absolute Gasteiger partial charge is 0.407 e. The van der Waals surface area contributed by atoms with Gasteiger partial charge in [0.2, 0.25) is 0 Å². The predicted molar refractivity (Wildman–Crippen MR) is 159 cm³/mol. The van der Waals surface area contributed by atoms with Crippen LogP contribution in [0.15, 0.2) is 53.4 Å². The first kappa shape index (κ1) is 32.8. The van der Waals surface area contributed by atoms with Gasteiger partial charge in [0.25, 0.3) is 5.91 Å². The maximum absolute atomic E-state index is 13.1. The second kappa shape index (κ2) is 12.3. The molecule has 0 radical (unpaired) electrons. The summed E-state index contributed by atoms with van der Waals surface area (Å²) in [5.41, 5.74) is 5.36. The number of carbonyl (C=O) groups is 1. The number of rotatable bonds is 11. The molecule has 240 valence electrons. The largest absolute Gasteiger partial charge is 0.410 e. The SMILES string of the molecule is CC(C)(O)C(O)(O)N(CCC(Cc1ccccc1)NC(=O)OC1(O)C2CCOC2OC1(O)O)Sc1ccc2nc(N)sc2c1. The van der Waals surface area contributed by atoms with E-state index in [1.807, 2.05) is 30.3 Å². The number of amides is 1. The number of alkyl carbamates (subject to hydrolysis) is 1. The molecule has 2 aliphatic heterocycles. The van der Waals surface area contributed by atoms with Gasteiger partial charge >= 0.3 is 17.9 Å². The molecular formula is C28H36N4O10S2. The lowest BCUT2D eigenvalue weighted by atomic mass is 9.97. The van der Waals surface area contributed by atoms with Gasteiger partial charge in [0.05, 0.1) is 22.7 Å². The molecule has 14 nitrogen and oxygen atoms in total. The van der Waals surface area contributed by atoms with E-state index in [9.17, 15) is 35.4 Å². The predicted octanol–water partition coefficient (Wildman–Crippen LogP) is 1.04. The number of benzene rings is 2. The van der Waals surface area contributed by atoms with Gasteiger partial charge in [-0.3, -0.25) is 4.74 Å². The molecule has 4 atom stereocenters. The Morgan fingerprint density at radius 3 is 2.66 bits per heavy atom. The first-order chi connectivity index (χ1) is 20.6. The number of nitrogens with one attached hydrogen (secondary N) is 1. The zero-order chi connectivity index (χ0) is 31.9. The van der Waals surface area contributed by atoms with Gasteiger partial charge < -0.3 is 51.2 Å². The number of hydrogen-bond donors (Lipinski definition) is 8. The van der Waals surface area contributed by atoms with Crippen LogP contribution in [0.5, 0.6) is 0 Å². The molecule has 0 spiro atoms. The summed E-state index contributed by atoms with van der Waals surface area (Å²) in [6.07, 6.45) is -1.81. The number of anilines is 1. The van der Waals surface area contributed by atoms with E-state index < -0.39 is 47.6 Å². The van der Waals surface area contributed by atoms with Crippen LogP contribution >= 0.6 is 23.3 Å². The minimum Gasteiger partial charge on any atom is -0.407 e. The summed E-state index contributed by atoms with van der Waals surface area (Å²) in [5.74, 6) is -9.77. The lowest BCUT2D eigenvalue weighted by Gasteiger charge is -2.42. The van der Waals surface area contributed by atoms with Crippen LogP contribution < -0.4 is 11.1 Å². The summed E-state index contributed by atoms with van der Waals surface area (Å²) in [6.45, 7) is 2.60. The number of hydrogen-bond acceptors (Lipinski definition) is 15. The molecule has 9 N–H and O–H groups in total. The molecule has 0 saturated carbocycles. The average Bonchev–Trinajstić information content (AvgIpc) is 3.59. The van der Waals surface area contributed by atoms with Gasteiger partial charge in [-0.1, -0.05) is 41.7 Å². The fraction of sp³-hybridized carbons (Fsp3) is 0.500. The number of aromatic nitrogens is 1. The van der Waals surface area contributed by atoms with Crippen molar-refractivity contribution in [2.45, 2.75) is 73.6 Å². The Balaban J connectivity index is 1.35. The van der Waals surface area contributed by atoms with Crippen molar-refractivity contribution in [3.8, 4) is 0 Å². The number of nitrogen functional groups attached to an aromatic ring is 1. The first-order valence-electron chi connectivity index (χ1n) is 13.9. The zero-order valence-corrected chi connectivity index (χ0v) is 25.6. The van der Waals surface area contributed by atoms with Crippen LogP contribution in [0.4, 0.5) is 9.93 Å². The molecule has 1 aromatic heterocycles. The Kier molecular flexibility index (Phi) is 9.16. The van der Waals surface area contributed by atoms with E-state index in [2.05, 4.69) is 10.3 Å². The fourth-order valence-electron chi connectivity index (χ4n) is 5.10. The summed E-state index contributed by atoms with van der Waals surface area (Å²) in [6, 6.07) is 13.7. The van der Waals surface area contributed by atoms with Crippen LogP contribution in [0.1, 0.15) is 32.3 Å². The van der Waals surface area contributed by atoms with Crippen molar-refractivity contribution in [2.75, 3.05) is 18.9 Å². The highest BCUT2D eigenvalue weighted by molar-refractivity contribution is 7.97. The van der Waals surface area contributed by atoms with Crippen LogP contribution in [-0.2, 0) is 20.6 Å². The number of nitrogens with two attached hydrogens (primary N) is 1. The summed E-state index contributed by atoms with van der Waals surface area (Å²) in [4.78, 5) is 18.0. The highest BCUT2D eigenvalue weighted by Crippen LogP contribution is 2.47. The van der Waals surface area contributed by atoms with E-state index in [-0.39, 0.29) is 32.4 Å². The van der Waals surface area contributed by atoms with E-state index >= 15 is 0 Å². The highest BCUT2D eigenvalue weighted by atomic mass is 32.2. The topological polar surface area (TPSA) is 220 Å². The molecule has 16 heteroatoms. The molecule has 2 saturated heterocycles. The van der Waals surface area contributed by atoms with Gasteiger partial charge in [0.15, 0.2) is 11.4 Å². The Bertz CT molecular complexity index is 1470. The average molecular weight is 653 g/mol. The summed E-state index contributed by atoms with van der Waals surface area (Å²) in [5, 5.41) is 67.5. The van der Waals surface area contributed by atoms with E-state index in [0.29, 0.717) is 15.5 Å². The quantitative estimate of drug-likeness (QED) is 0.107. The third kappa shape index (κ3) is 6.66. The van der Waals surface area contributed by atoms with Gasteiger partial charge in [-0.2, -0.15) is 4.31 Å². The molecule has 4 unspecified atom stereocenters. The van der Waals surface area contributed by atoms with E-state index in [1.165, 1.54) is 29.5 Å². The lowest BCUT2D eigenvalue weighted by molar-refractivity contribution is -0.439. The molecular weight excluding hydrogens is 616 g/mol. The van der Waals surface area contributed by atoms with Crippen molar-refractivity contribution in [2.24, 2.45) is 5.92 Å². The number of ether oxygens (including phenoxy) is 3. The highest BCUT2D eigenvalue weighted by Gasteiger charge is 2.70. The second-order valence-electron chi connectivity index (χ2n) is 11.3. The maximum Gasteiger partial charge on any atom is 0.410 e. The van der Waals surface area contributed by atoms with Crippen LogP contribution in [0.25, 0.3) is 10.2 Å². The molecule has 2 aromatic carbocycles. The molecule has 2 fully saturated rings. The molecule has 3 aromatic rings. The molecule has 5 rings (SSSR count). The van der Waals surface area contributed by atoms with Crippen molar-refractivity contribution in [3.05, 3.63) is 54.1 Å². The molecule has 3 heterocycles. The normalized spacial score (nSPS) is 24.0. The third-order valence-electron chi connectivity index (χ3n) is 7.63. The van der Waals surface area contributed by atoms with Crippen LogP contribution in [-0.4, -0.2) is 94.8 Å². The van der Waals surface area contributed by atoms with Gasteiger partial charge in [0, 0.05) is 17.5 Å². The van der Waals surface area contributed by atoms with Gasteiger partial charge in [-0.05, 0) is 68.8 Å². The Morgan fingerprint density at radius 2 is 1.95 bits per heavy atom. The monoisotopic (exact) mass is 652 g/mol. The maximum atomic E-state index is 13.1. The van der Waals surface area contributed by atoms with E-state index in [1.54, 1.807) is 18.2 Å². The first-order valence-corrected chi connectivity index (χ1v) is 15.5. The third-order valence-corrected chi connectivity index (χ3v) is 9.60. The zero-order valence-electron chi connectivity index (χ0n) is 24.0. The number of aliphatic hydroxyl groups is 6. The Labute approximate surface area is 261 Å². The van der Waals surface area contributed by atoms with E-state index in [0.717, 1.165) is 22.2 Å². The molecule has 2 aliphatic rings. The molecule has 0 bridgehead atoms. The van der Waals surface area contributed by atoms with Crippen molar-refractivity contribution in [3.63, 3.8) is 0 Å². The van der Waals surface area contributed by atoms with Gasteiger partial charge in [-0.15, -0.1) is 0 Å². The number of carbonyl (C=O) groups excluding carboxylic acids is 1. The van der Waals surface area contributed by atoms with Gasteiger partial charge in [0.1, 0.15) is 5.60 Å². The summed E-state index contributed by atoms with van der Waals surface area (Å²) >= 11 is 2.26. The summed E-state index contributed by atoms with van der Waals surface area (Å²) in [7, 11) is 0. The number of fused-ring (bicyclic) bond motifs is 2. The van der Waals surface area contributed by atoms with Gasteiger partial charge in [-0.25, -0.2) is 9.78 Å². The van der Waals surface area contributed by atoms with Crippen LogP contribution in [0.3, 0.4) is 0 Å². The second-order valence-corrected chi connectivity index (χ2v) is 13.5. The molecule has 1 amide bonds. The Hall–Kier alpha value is -2.61. The summed E-state index contributed by atoms with van der Waals surface area (Å²) < 4.78 is 17.4. The molecule has 0 aliphatic carbocycles. The Morgan fingerprint density at radius 1 is 1.23 bits per heavy atom. The number of nitrogens with zero attached hydrogens (tertiary/aromatic N) is 2.